The second-order valence-electron chi connectivity index (χ2n) is 6.37. The molecule has 2 N–H and O–H groups in total. The molecule has 26 heavy (non-hydrogen) atoms. The molecule has 1 aromatic rings. The molecule has 0 unspecified atom stereocenters. The van der Waals surface area contributed by atoms with Gasteiger partial charge in [0.15, 0.2) is 18.1 Å². The second-order valence-corrected chi connectivity index (χ2v) is 6.37. The van der Waals surface area contributed by atoms with Crippen LogP contribution in [0.15, 0.2) is 18.2 Å². The van der Waals surface area contributed by atoms with Crippen LogP contribution in [-0.4, -0.2) is 60.1 Å². The number of aliphatic carboxylic acids is 1. The van der Waals surface area contributed by atoms with Crippen molar-refractivity contribution in [1.82, 2.24) is 10.2 Å². The number of carbonyl (C=O) groups excluding carboxylic acids is 2. The molecule has 1 atom stereocenters. The average molecular weight is 364 g/mol. The normalized spacial score (nSPS) is 16.5. The minimum atomic E-state index is -1.00. The molecule has 0 spiro atoms. The molecule has 8 heteroatoms. The Kier molecular flexibility index (Phi) is 6.43. The number of amides is 2. The van der Waals surface area contributed by atoms with Crippen LogP contribution in [0.2, 0.25) is 0 Å². The number of nitrogens with one attached hydrogen (secondary N) is 1. The van der Waals surface area contributed by atoms with Gasteiger partial charge in [-0.25, -0.2) is 4.79 Å². The lowest BCUT2D eigenvalue weighted by Gasteiger charge is -2.22. The molecule has 0 aliphatic carbocycles. The van der Waals surface area contributed by atoms with Crippen LogP contribution in [0, 0.1) is 0 Å². The molecule has 1 fully saturated rings. The Morgan fingerprint density at radius 3 is 2.65 bits per heavy atom. The van der Waals surface area contributed by atoms with E-state index >= 15 is 0 Å². The zero-order valence-corrected chi connectivity index (χ0v) is 15.2. The smallest absolute Gasteiger partial charge is 0.326 e. The van der Waals surface area contributed by atoms with Gasteiger partial charge in [0.1, 0.15) is 6.04 Å². The van der Waals surface area contributed by atoms with Crippen molar-refractivity contribution in [2.24, 2.45) is 0 Å². The van der Waals surface area contributed by atoms with Crippen molar-refractivity contribution in [2.45, 2.75) is 38.8 Å². The number of carbonyl (C=O) groups is 3. The van der Waals surface area contributed by atoms with Gasteiger partial charge in [0.25, 0.3) is 11.8 Å². The molecule has 0 radical (unpaired) electrons. The number of methoxy groups -OCH3 is 1. The fourth-order valence-electron chi connectivity index (χ4n) is 2.86. The van der Waals surface area contributed by atoms with Crippen molar-refractivity contribution in [1.29, 1.82) is 0 Å². The van der Waals surface area contributed by atoms with Crippen molar-refractivity contribution in [2.75, 3.05) is 20.3 Å². The van der Waals surface area contributed by atoms with Gasteiger partial charge in [-0.2, -0.15) is 0 Å². The number of hydrogen-bond acceptors (Lipinski definition) is 5. The average Bonchev–Trinajstić information content (AvgIpc) is 3.08. The summed E-state index contributed by atoms with van der Waals surface area (Å²) < 4.78 is 10.7. The summed E-state index contributed by atoms with van der Waals surface area (Å²) in [4.78, 5) is 36.9. The van der Waals surface area contributed by atoms with E-state index in [1.54, 1.807) is 6.07 Å². The molecule has 2 amide bonds. The summed E-state index contributed by atoms with van der Waals surface area (Å²) in [5.74, 6) is -0.988. The minimum absolute atomic E-state index is 0.00985. The van der Waals surface area contributed by atoms with E-state index in [1.165, 1.54) is 24.1 Å². The highest BCUT2D eigenvalue weighted by molar-refractivity contribution is 5.97. The molecule has 8 nitrogen and oxygen atoms in total. The van der Waals surface area contributed by atoms with Crippen LogP contribution in [0.5, 0.6) is 11.5 Å². The van der Waals surface area contributed by atoms with Crippen LogP contribution in [0.3, 0.4) is 0 Å². The number of carboxylic acid groups (broad SMARTS) is 1. The van der Waals surface area contributed by atoms with Crippen molar-refractivity contribution in [3.63, 3.8) is 0 Å². The van der Waals surface area contributed by atoms with Crippen molar-refractivity contribution >= 4 is 17.8 Å². The predicted molar refractivity (Wildman–Crippen MR) is 93.5 cm³/mol. The molecule has 1 aromatic carbocycles. The maximum atomic E-state index is 12.6. The summed E-state index contributed by atoms with van der Waals surface area (Å²) in [5.41, 5.74) is 0.314. The molecule has 0 bridgehead atoms. The van der Waals surface area contributed by atoms with Crippen LogP contribution in [-0.2, 0) is 9.59 Å². The molecular weight excluding hydrogens is 340 g/mol. The number of carboxylic acids is 1. The quantitative estimate of drug-likeness (QED) is 0.755. The van der Waals surface area contributed by atoms with Gasteiger partial charge >= 0.3 is 5.97 Å². The largest absolute Gasteiger partial charge is 0.493 e. The summed E-state index contributed by atoms with van der Waals surface area (Å²) in [5, 5.41) is 11.9. The first-order chi connectivity index (χ1) is 12.3. The monoisotopic (exact) mass is 364 g/mol. The van der Waals surface area contributed by atoms with Crippen LogP contribution in [0.4, 0.5) is 0 Å². The Morgan fingerprint density at radius 1 is 1.31 bits per heavy atom. The van der Waals surface area contributed by atoms with Crippen molar-refractivity contribution in [3.8, 4) is 11.5 Å². The van der Waals surface area contributed by atoms with Crippen LogP contribution in [0.25, 0.3) is 0 Å². The first-order valence-electron chi connectivity index (χ1n) is 8.47. The second kappa shape index (κ2) is 8.55. The van der Waals surface area contributed by atoms with Gasteiger partial charge in [-0.1, -0.05) is 0 Å². The third-order valence-electron chi connectivity index (χ3n) is 4.02. The van der Waals surface area contributed by atoms with Crippen LogP contribution >= 0.6 is 0 Å². The van der Waals surface area contributed by atoms with Gasteiger partial charge in [0.05, 0.1) is 7.11 Å². The van der Waals surface area contributed by atoms with E-state index in [1.807, 2.05) is 13.8 Å². The SMILES string of the molecule is COc1cc(C(=O)N2CCC[C@@H]2C(=O)O)ccc1OCC(=O)NC(C)C. The Labute approximate surface area is 152 Å². The Bertz CT molecular complexity index is 688. The fourth-order valence-corrected chi connectivity index (χ4v) is 2.86. The lowest BCUT2D eigenvalue weighted by molar-refractivity contribution is -0.141. The molecule has 142 valence electrons. The van der Waals surface area contributed by atoms with Crippen molar-refractivity contribution < 1.29 is 29.0 Å². The van der Waals surface area contributed by atoms with E-state index in [-0.39, 0.29) is 24.5 Å². The summed E-state index contributed by atoms with van der Waals surface area (Å²) in [7, 11) is 1.43. The number of likely N-dealkylation sites (tertiary alicyclic amines) is 1. The van der Waals surface area contributed by atoms with Gasteiger partial charge in [-0.15, -0.1) is 0 Å². The van der Waals surface area contributed by atoms with Crippen LogP contribution in [0.1, 0.15) is 37.0 Å². The van der Waals surface area contributed by atoms with E-state index in [2.05, 4.69) is 5.32 Å². The molecule has 1 aliphatic heterocycles. The number of nitrogens with zero attached hydrogens (tertiary/aromatic N) is 1. The standard InChI is InChI=1S/C18H24N2O6/c1-11(2)19-16(21)10-26-14-7-6-12(9-15(14)25-3)17(22)20-8-4-5-13(20)18(23)24/h6-7,9,11,13H,4-5,8,10H2,1-3H3,(H,19,21)(H,23,24)/t13-/m1/s1. The highest BCUT2D eigenvalue weighted by Crippen LogP contribution is 2.30. The van der Waals surface area contributed by atoms with Crippen molar-refractivity contribution in [3.05, 3.63) is 23.8 Å². The Hall–Kier alpha value is -2.77. The maximum absolute atomic E-state index is 12.6. The van der Waals surface area contributed by atoms with E-state index in [9.17, 15) is 19.5 Å². The maximum Gasteiger partial charge on any atom is 0.326 e. The molecule has 1 heterocycles. The Morgan fingerprint density at radius 2 is 2.04 bits per heavy atom. The number of rotatable bonds is 7. The highest BCUT2D eigenvalue weighted by Gasteiger charge is 2.34. The third-order valence-corrected chi connectivity index (χ3v) is 4.02. The van der Waals surface area contributed by atoms with Gasteiger partial charge in [-0.3, -0.25) is 9.59 Å². The summed E-state index contributed by atoms with van der Waals surface area (Å²) in [6.45, 7) is 3.93. The molecule has 1 aliphatic rings. The molecule has 2 rings (SSSR count). The third kappa shape index (κ3) is 4.65. The van der Waals surface area contributed by atoms with Gasteiger partial charge in [-0.05, 0) is 44.9 Å². The van der Waals surface area contributed by atoms with E-state index < -0.39 is 12.0 Å². The van der Waals surface area contributed by atoms with E-state index in [4.69, 9.17) is 9.47 Å². The summed E-state index contributed by atoms with van der Waals surface area (Å²) in [6, 6.07) is 3.79. The number of benzene rings is 1. The molecular formula is C18H24N2O6. The van der Waals surface area contributed by atoms with Gasteiger partial charge in [0.2, 0.25) is 0 Å². The fraction of sp³-hybridized carbons (Fsp3) is 0.500. The molecule has 1 saturated heterocycles. The van der Waals surface area contributed by atoms with E-state index in [0.717, 1.165) is 0 Å². The first-order valence-corrected chi connectivity index (χ1v) is 8.47. The lowest BCUT2D eigenvalue weighted by Crippen LogP contribution is -2.40. The molecule has 0 aromatic heterocycles. The van der Waals surface area contributed by atoms with Gasteiger partial charge in [0, 0.05) is 18.2 Å². The summed E-state index contributed by atoms with van der Waals surface area (Å²) >= 11 is 0. The number of ether oxygens (including phenoxy) is 2. The lowest BCUT2D eigenvalue weighted by atomic mass is 10.1. The van der Waals surface area contributed by atoms with E-state index in [0.29, 0.717) is 36.4 Å². The molecule has 0 saturated carbocycles. The van der Waals surface area contributed by atoms with Gasteiger partial charge < -0.3 is 24.8 Å². The topological polar surface area (TPSA) is 105 Å². The predicted octanol–water partition coefficient (Wildman–Crippen LogP) is 1.29. The highest BCUT2D eigenvalue weighted by atomic mass is 16.5. The minimum Gasteiger partial charge on any atom is -0.493 e. The Balaban J connectivity index is 2.11. The first kappa shape index (κ1) is 19.6. The zero-order chi connectivity index (χ0) is 19.3. The zero-order valence-electron chi connectivity index (χ0n) is 15.2. The summed E-state index contributed by atoms with van der Waals surface area (Å²) in [6.07, 6.45) is 1.11. The number of hydrogen-bond donors (Lipinski definition) is 2. The van der Waals surface area contributed by atoms with Crippen LogP contribution < -0.4 is 14.8 Å².